The first kappa shape index (κ1) is 29.8. The number of rotatable bonds is 8. The summed E-state index contributed by atoms with van der Waals surface area (Å²) in [6, 6.07) is 16.8. The summed E-state index contributed by atoms with van der Waals surface area (Å²) in [5.74, 6) is -2.07. The van der Waals surface area contributed by atoms with Crippen LogP contribution in [0, 0.1) is 0 Å². The van der Waals surface area contributed by atoms with Crippen LogP contribution in [-0.2, 0) is 16.0 Å². The Balaban J connectivity index is 0.00000400. The molecule has 12 heteroatoms. The summed E-state index contributed by atoms with van der Waals surface area (Å²) in [6.45, 7) is 0.194. The van der Waals surface area contributed by atoms with Crippen molar-refractivity contribution in [3.8, 4) is 17.2 Å². The number of fused-ring (bicyclic) bond motifs is 1. The van der Waals surface area contributed by atoms with Crippen LogP contribution in [0.15, 0.2) is 66.7 Å². The molecular formula is C26H20ClF3NNaO6. The standard InChI is InChI=1S/C26H21ClF3NO6.Na/c27-20-13-19-18(25(33)34)10-11-35-21(19)14-22(20)36-17-8-6-16(7-9-17)24(32)31-23(37-26(28,29)30)12-15-4-2-1-3-5-15;/h1-9,13-14,18,23H,10-12H2,(H,31,32)(H,33,34);/q;+1/p-1. The average Bonchev–Trinajstić information content (AvgIpc) is 2.84. The summed E-state index contributed by atoms with van der Waals surface area (Å²) < 4.78 is 54.0. The van der Waals surface area contributed by atoms with Crippen LogP contribution in [0.4, 0.5) is 13.2 Å². The molecule has 2 atom stereocenters. The van der Waals surface area contributed by atoms with Crippen LogP contribution in [0.25, 0.3) is 0 Å². The Labute approximate surface area is 243 Å². The van der Waals surface area contributed by atoms with Gasteiger partial charge in [0, 0.05) is 35.5 Å². The molecule has 0 saturated heterocycles. The molecule has 3 aromatic rings. The van der Waals surface area contributed by atoms with Crippen molar-refractivity contribution in [1.82, 2.24) is 5.32 Å². The number of alkyl halides is 3. The number of ether oxygens (including phenoxy) is 3. The summed E-state index contributed by atoms with van der Waals surface area (Å²) in [4.78, 5) is 24.0. The zero-order chi connectivity index (χ0) is 26.6. The zero-order valence-corrected chi connectivity index (χ0v) is 22.8. The Kier molecular flexibility index (Phi) is 10.1. The van der Waals surface area contributed by atoms with Gasteiger partial charge in [0.05, 0.1) is 11.6 Å². The number of halogens is 4. The second-order valence-corrected chi connectivity index (χ2v) is 8.58. The van der Waals surface area contributed by atoms with Gasteiger partial charge in [0.15, 0.2) is 0 Å². The Hall–Kier alpha value is -2.76. The molecule has 0 aromatic heterocycles. The van der Waals surface area contributed by atoms with Gasteiger partial charge in [-0.3, -0.25) is 9.53 Å². The van der Waals surface area contributed by atoms with Gasteiger partial charge in [-0.1, -0.05) is 41.9 Å². The maximum atomic E-state index is 12.9. The maximum absolute atomic E-state index is 12.9. The van der Waals surface area contributed by atoms with Gasteiger partial charge in [0.1, 0.15) is 23.5 Å². The minimum absolute atomic E-state index is 0. The zero-order valence-electron chi connectivity index (χ0n) is 20.1. The first-order valence-electron chi connectivity index (χ1n) is 11.1. The number of amides is 1. The van der Waals surface area contributed by atoms with Gasteiger partial charge in [-0.05, 0) is 42.3 Å². The number of carboxylic acids is 1. The van der Waals surface area contributed by atoms with Crippen LogP contribution in [0.5, 0.6) is 17.2 Å². The minimum atomic E-state index is -4.94. The first-order valence-corrected chi connectivity index (χ1v) is 11.5. The van der Waals surface area contributed by atoms with Gasteiger partial charge < -0.3 is 24.7 Å². The van der Waals surface area contributed by atoms with E-state index in [1.807, 2.05) is 0 Å². The Morgan fingerprint density at radius 3 is 2.42 bits per heavy atom. The molecule has 1 aliphatic heterocycles. The second-order valence-electron chi connectivity index (χ2n) is 8.17. The van der Waals surface area contributed by atoms with Crippen LogP contribution in [0.2, 0.25) is 5.02 Å². The topological polar surface area (TPSA) is 96.9 Å². The monoisotopic (exact) mass is 557 g/mol. The van der Waals surface area contributed by atoms with Crippen LogP contribution in [0.1, 0.15) is 33.8 Å². The largest absolute Gasteiger partial charge is 1.00 e. The number of nitrogens with one attached hydrogen (secondary N) is 1. The van der Waals surface area contributed by atoms with E-state index in [0.29, 0.717) is 16.9 Å². The molecule has 0 spiro atoms. The van der Waals surface area contributed by atoms with Crippen molar-refractivity contribution >= 4 is 23.5 Å². The molecule has 194 valence electrons. The van der Waals surface area contributed by atoms with E-state index in [1.165, 1.54) is 36.4 Å². The molecule has 0 radical (unpaired) electrons. The van der Waals surface area contributed by atoms with E-state index in [4.69, 9.17) is 21.1 Å². The molecule has 0 fully saturated rings. The molecule has 4 rings (SSSR count). The first-order chi connectivity index (χ1) is 17.6. The molecule has 0 bridgehead atoms. The fourth-order valence-electron chi connectivity index (χ4n) is 3.86. The Morgan fingerprint density at radius 2 is 1.79 bits per heavy atom. The molecule has 3 aromatic carbocycles. The van der Waals surface area contributed by atoms with Crippen molar-refractivity contribution in [2.75, 3.05) is 6.61 Å². The fourth-order valence-corrected chi connectivity index (χ4v) is 4.07. The summed E-state index contributed by atoms with van der Waals surface area (Å²) in [5.41, 5.74) is 1.02. The molecule has 1 aliphatic rings. The molecule has 0 aliphatic carbocycles. The quantitative estimate of drug-likeness (QED) is 0.334. The fraction of sp³-hybridized carbons (Fsp3) is 0.231. The molecule has 38 heavy (non-hydrogen) atoms. The molecule has 1 N–H and O–H groups in total. The second kappa shape index (κ2) is 12.9. The van der Waals surface area contributed by atoms with E-state index < -0.39 is 30.4 Å². The van der Waals surface area contributed by atoms with Crippen LogP contribution >= 0.6 is 11.6 Å². The van der Waals surface area contributed by atoms with E-state index in [1.54, 1.807) is 30.3 Å². The number of aliphatic carboxylic acids is 1. The van der Waals surface area contributed by atoms with Crippen molar-refractivity contribution in [2.45, 2.75) is 31.3 Å². The number of benzene rings is 3. The van der Waals surface area contributed by atoms with E-state index in [9.17, 15) is 27.9 Å². The maximum Gasteiger partial charge on any atom is 1.00 e. The average molecular weight is 558 g/mol. The Bertz CT molecular complexity index is 1270. The van der Waals surface area contributed by atoms with E-state index in [0.717, 1.165) is 0 Å². The smallest absolute Gasteiger partial charge is 0.549 e. The number of carbonyl (C=O) groups is 2. The molecule has 1 heterocycles. The SMILES string of the molecule is O=C(NC(Cc1ccccc1)OC(F)(F)F)c1ccc(Oc2cc3c(cc2Cl)C(C(=O)[O-])CCO3)cc1.[Na+]. The molecular weight excluding hydrogens is 538 g/mol. The van der Waals surface area contributed by atoms with Crippen LogP contribution in [0.3, 0.4) is 0 Å². The molecule has 7 nitrogen and oxygen atoms in total. The van der Waals surface area contributed by atoms with Crippen LogP contribution in [-0.4, -0.2) is 31.1 Å². The predicted octanol–water partition coefficient (Wildman–Crippen LogP) is 1.59. The minimum Gasteiger partial charge on any atom is -0.549 e. The van der Waals surface area contributed by atoms with Gasteiger partial charge in [-0.15, -0.1) is 13.2 Å². The molecule has 1 amide bonds. The van der Waals surface area contributed by atoms with E-state index in [2.05, 4.69) is 10.1 Å². The van der Waals surface area contributed by atoms with E-state index >= 15 is 0 Å². The predicted molar refractivity (Wildman–Crippen MR) is 124 cm³/mol. The normalized spacial score (nSPS) is 15.3. The van der Waals surface area contributed by atoms with Gasteiger partial charge >= 0.3 is 35.9 Å². The number of carboxylic acid groups (broad SMARTS) is 1. The molecule has 2 unspecified atom stereocenters. The molecule has 0 saturated carbocycles. The number of hydrogen-bond donors (Lipinski definition) is 1. The number of hydrogen-bond acceptors (Lipinski definition) is 6. The van der Waals surface area contributed by atoms with Gasteiger partial charge in [-0.25, -0.2) is 0 Å². The number of carbonyl (C=O) groups excluding carboxylic acids is 2. The van der Waals surface area contributed by atoms with Crippen LogP contribution < -0.4 is 49.5 Å². The summed E-state index contributed by atoms with van der Waals surface area (Å²) in [5, 5.41) is 13.8. The summed E-state index contributed by atoms with van der Waals surface area (Å²) in [6.07, 6.45) is -6.51. The van der Waals surface area contributed by atoms with Gasteiger partial charge in [0.25, 0.3) is 5.91 Å². The summed E-state index contributed by atoms with van der Waals surface area (Å²) in [7, 11) is 0. The van der Waals surface area contributed by atoms with Crippen molar-refractivity contribution in [3.63, 3.8) is 0 Å². The summed E-state index contributed by atoms with van der Waals surface area (Å²) >= 11 is 6.28. The van der Waals surface area contributed by atoms with Gasteiger partial charge in [0.2, 0.25) is 0 Å². The third kappa shape index (κ3) is 7.87. The van der Waals surface area contributed by atoms with Gasteiger partial charge in [-0.2, -0.15) is 0 Å². The van der Waals surface area contributed by atoms with Crippen molar-refractivity contribution in [3.05, 3.63) is 88.4 Å². The van der Waals surface area contributed by atoms with Crippen molar-refractivity contribution in [2.24, 2.45) is 0 Å². The third-order valence-electron chi connectivity index (χ3n) is 5.56. The van der Waals surface area contributed by atoms with Crippen molar-refractivity contribution in [1.29, 1.82) is 0 Å². The van der Waals surface area contributed by atoms with Crippen molar-refractivity contribution < 1.29 is 71.6 Å². The third-order valence-corrected chi connectivity index (χ3v) is 5.86. The Morgan fingerprint density at radius 1 is 1.11 bits per heavy atom. The van der Waals surface area contributed by atoms with E-state index in [-0.39, 0.29) is 71.1 Å².